The van der Waals surface area contributed by atoms with Crippen LogP contribution in [0.25, 0.3) is 6.08 Å². The average molecular weight is 505 g/mol. The topological polar surface area (TPSA) is 99.5 Å². The third-order valence-electron chi connectivity index (χ3n) is 8.72. The predicted molar refractivity (Wildman–Crippen MR) is 141 cm³/mol. The fourth-order valence-corrected chi connectivity index (χ4v) is 6.25. The van der Waals surface area contributed by atoms with Crippen molar-refractivity contribution in [3.63, 3.8) is 0 Å². The Bertz CT molecular complexity index is 955. The van der Waals surface area contributed by atoms with Crippen LogP contribution < -0.4 is 5.32 Å². The lowest BCUT2D eigenvalue weighted by Crippen LogP contribution is -2.47. The fraction of sp³-hybridized carbons (Fsp3) is 0.750. The van der Waals surface area contributed by atoms with Crippen molar-refractivity contribution in [2.45, 2.75) is 105 Å². The van der Waals surface area contributed by atoms with E-state index in [2.05, 4.69) is 17.2 Å². The van der Waals surface area contributed by atoms with Crippen molar-refractivity contribution < 1.29 is 19.8 Å². The first kappa shape index (κ1) is 28.0. The van der Waals surface area contributed by atoms with E-state index in [1.165, 1.54) is 0 Å². The molecular weight excluding hydrogens is 460 g/mol. The van der Waals surface area contributed by atoms with Crippen molar-refractivity contribution in [2.24, 2.45) is 28.6 Å². The van der Waals surface area contributed by atoms with E-state index in [9.17, 15) is 19.8 Å². The second-order valence-corrected chi connectivity index (χ2v) is 13.1. The van der Waals surface area contributed by atoms with E-state index < -0.39 is 23.5 Å². The molecule has 3 N–H and O–H groups in total. The van der Waals surface area contributed by atoms with Crippen molar-refractivity contribution in [1.82, 2.24) is 10.3 Å². The van der Waals surface area contributed by atoms with Gasteiger partial charge in [0.25, 0.3) is 0 Å². The van der Waals surface area contributed by atoms with E-state index in [1.807, 2.05) is 32.2 Å². The van der Waals surface area contributed by atoms with E-state index in [1.54, 1.807) is 32.1 Å². The molecule has 196 valence electrons. The van der Waals surface area contributed by atoms with Gasteiger partial charge in [-0.1, -0.05) is 41.0 Å². The summed E-state index contributed by atoms with van der Waals surface area (Å²) in [6, 6.07) is -0.144. The standard InChI is InChI=1S/C28H44N2O4S/c1-16-9-8-10-28(7)14-20(28)12-22(17(2)11-21-15-35-19(4)29-21)30-24(32)13-23(31)27(5,6)26(34)18(3)25(16)33/h11,15-16,18,20,22-23,25,31,33H,8-10,12-14H2,1-7H3,(H,30,32)/t16-,18+,20+,22-,23-,25-,28-/m0/s1. The molecule has 1 saturated heterocycles. The monoisotopic (exact) mass is 504 g/mol. The molecule has 3 rings (SSSR count). The Hall–Kier alpha value is -1.57. The molecule has 7 heteroatoms. The first-order chi connectivity index (χ1) is 16.2. The number of amides is 1. The quantitative estimate of drug-likeness (QED) is 0.531. The van der Waals surface area contributed by atoms with Crippen LogP contribution in [0.3, 0.4) is 0 Å². The minimum atomic E-state index is -1.14. The van der Waals surface area contributed by atoms with Gasteiger partial charge in [-0.2, -0.15) is 0 Å². The molecule has 1 aromatic rings. The van der Waals surface area contributed by atoms with Gasteiger partial charge in [0.2, 0.25) is 5.91 Å². The zero-order valence-corrected chi connectivity index (χ0v) is 23.2. The van der Waals surface area contributed by atoms with Gasteiger partial charge in [0, 0.05) is 11.3 Å². The summed E-state index contributed by atoms with van der Waals surface area (Å²) in [4.78, 5) is 30.9. The molecule has 1 aromatic heterocycles. The van der Waals surface area contributed by atoms with Crippen molar-refractivity contribution in [2.75, 3.05) is 0 Å². The van der Waals surface area contributed by atoms with Gasteiger partial charge < -0.3 is 15.5 Å². The minimum Gasteiger partial charge on any atom is -0.392 e. The number of carbonyl (C=O) groups is 2. The fourth-order valence-electron chi connectivity index (χ4n) is 5.68. The molecule has 0 aromatic carbocycles. The maximum absolute atomic E-state index is 13.3. The number of hydrogen-bond donors (Lipinski definition) is 3. The maximum atomic E-state index is 13.3. The van der Waals surface area contributed by atoms with E-state index in [0.717, 1.165) is 48.4 Å². The SMILES string of the molecule is CC(=Cc1csc(C)n1)[C@@H]1C[C@@H]2C[C@]2(C)CCC[C@H](C)[C@H](O)[C@@H](C)C(=O)C(C)(C)[C@@H](O)CC(=O)N1. The molecular formula is C28H44N2O4S. The summed E-state index contributed by atoms with van der Waals surface area (Å²) < 4.78 is 0. The minimum absolute atomic E-state index is 0.00149. The number of nitrogens with zero attached hydrogens (tertiary/aromatic N) is 1. The third-order valence-corrected chi connectivity index (χ3v) is 9.51. The van der Waals surface area contributed by atoms with Crippen LogP contribution in [-0.2, 0) is 9.59 Å². The summed E-state index contributed by atoms with van der Waals surface area (Å²) in [6.07, 6.45) is 4.92. The molecule has 7 atom stereocenters. The van der Waals surface area contributed by atoms with Gasteiger partial charge in [-0.05, 0) is 68.4 Å². The normalized spacial score (nSPS) is 37.5. The van der Waals surface area contributed by atoms with Gasteiger partial charge in [-0.25, -0.2) is 4.98 Å². The van der Waals surface area contributed by atoms with Crippen molar-refractivity contribution in [1.29, 1.82) is 0 Å². The number of nitrogens with one attached hydrogen (secondary N) is 1. The molecule has 1 amide bonds. The van der Waals surface area contributed by atoms with Gasteiger partial charge in [0.1, 0.15) is 5.78 Å². The molecule has 0 bridgehead atoms. The van der Waals surface area contributed by atoms with Crippen LogP contribution in [0.1, 0.15) is 90.8 Å². The summed E-state index contributed by atoms with van der Waals surface area (Å²) in [5.41, 5.74) is 1.06. The molecule has 0 radical (unpaired) electrons. The second-order valence-electron chi connectivity index (χ2n) is 12.0. The number of ketones is 1. The third kappa shape index (κ3) is 6.60. The Morgan fingerprint density at radius 2 is 1.91 bits per heavy atom. The van der Waals surface area contributed by atoms with Gasteiger partial charge in [-0.15, -0.1) is 11.3 Å². The number of Topliss-reactive ketones (excluding diaryl/α,β-unsaturated/α-hetero) is 1. The first-order valence-electron chi connectivity index (χ1n) is 13.0. The Labute approximate surface area is 214 Å². The molecule has 6 nitrogen and oxygen atoms in total. The molecule has 1 aliphatic heterocycles. The van der Waals surface area contributed by atoms with Crippen LogP contribution >= 0.6 is 11.3 Å². The lowest BCUT2D eigenvalue weighted by atomic mass is 9.72. The van der Waals surface area contributed by atoms with E-state index in [-0.39, 0.29) is 35.5 Å². The summed E-state index contributed by atoms with van der Waals surface area (Å²) in [7, 11) is 0. The smallest absolute Gasteiger partial charge is 0.223 e. The largest absolute Gasteiger partial charge is 0.392 e. The number of aromatic nitrogens is 1. The van der Waals surface area contributed by atoms with Crippen LogP contribution in [0.4, 0.5) is 0 Å². The zero-order valence-electron chi connectivity index (χ0n) is 22.4. The predicted octanol–water partition coefficient (Wildman–Crippen LogP) is 4.92. The molecule has 2 fully saturated rings. The molecule has 2 aliphatic rings. The van der Waals surface area contributed by atoms with Crippen LogP contribution in [0.2, 0.25) is 0 Å². The molecule has 0 unspecified atom stereocenters. The molecule has 2 heterocycles. The van der Waals surface area contributed by atoms with Gasteiger partial charge in [0.05, 0.1) is 40.8 Å². The van der Waals surface area contributed by atoms with Crippen molar-refractivity contribution in [3.05, 3.63) is 21.7 Å². The van der Waals surface area contributed by atoms with Crippen LogP contribution in [0, 0.1) is 35.5 Å². The van der Waals surface area contributed by atoms with Gasteiger partial charge >= 0.3 is 0 Å². The Kier molecular flexibility index (Phi) is 8.65. The highest BCUT2D eigenvalue weighted by Crippen LogP contribution is 2.58. The maximum Gasteiger partial charge on any atom is 0.223 e. The number of hydrogen-bond acceptors (Lipinski definition) is 6. The number of thiazole rings is 1. The average Bonchev–Trinajstić information content (AvgIpc) is 3.22. The number of aryl methyl sites for hydroxylation is 1. The lowest BCUT2D eigenvalue weighted by molar-refractivity contribution is -0.143. The lowest BCUT2D eigenvalue weighted by Gasteiger charge is -2.35. The highest BCUT2D eigenvalue weighted by atomic mass is 32.1. The number of rotatable bonds is 2. The molecule has 35 heavy (non-hydrogen) atoms. The highest BCUT2D eigenvalue weighted by molar-refractivity contribution is 7.09. The van der Waals surface area contributed by atoms with Crippen LogP contribution in [0.15, 0.2) is 11.0 Å². The first-order valence-corrected chi connectivity index (χ1v) is 13.9. The highest BCUT2D eigenvalue weighted by Gasteiger charge is 2.50. The molecule has 0 spiro atoms. The Morgan fingerprint density at radius 3 is 2.54 bits per heavy atom. The molecule has 1 aliphatic carbocycles. The number of aliphatic hydroxyl groups is 2. The van der Waals surface area contributed by atoms with E-state index >= 15 is 0 Å². The van der Waals surface area contributed by atoms with Gasteiger partial charge in [0.15, 0.2) is 0 Å². The van der Waals surface area contributed by atoms with E-state index in [0.29, 0.717) is 5.92 Å². The zero-order chi connectivity index (χ0) is 26.1. The Balaban J connectivity index is 1.85. The number of carbonyl (C=O) groups excluding carboxylic acids is 2. The summed E-state index contributed by atoms with van der Waals surface area (Å²) in [5, 5.41) is 28.0. The summed E-state index contributed by atoms with van der Waals surface area (Å²) in [6.45, 7) is 13.4. The Morgan fingerprint density at radius 1 is 1.23 bits per heavy atom. The van der Waals surface area contributed by atoms with E-state index in [4.69, 9.17) is 0 Å². The molecule has 1 saturated carbocycles. The number of aliphatic hydroxyl groups excluding tert-OH is 2. The summed E-state index contributed by atoms with van der Waals surface area (Å²) in [5.74, 6) is -0.553. The van der Waals surface area contributed by atoms with Crippen molar-refractivity contribution in [3.8, 4) is 0 Å². The van der Waals surface area contributed by atoms with Crippen LogP contribution in [0.5, 0.6) is 0 Å². The van der Waals surface area contributed by atoms with Gasteiger partial charge in [-0.3, -0.25) is 9.59 Å². The van der Waals surface area contributed by atoms with Crippen molar-refractivity contribution >= 4 is 29.1 Å². The summed E-state index contributed by atoms with van der Waals surface area (Å²) >= 11 is 1.60. The van der Waals surface area contributed by atoms with Crippen LogP contribution in [-0.4, -0.2) is 45.1 Å². The second kappa shape index (κ2) is 10.8. The number of fused-ring (bicyclic) bond motifs is 1.